The van der Waals surface area contributed by atoms with Crippen molar-refractivity contribution < 1.29 is 28.3 Å². The van der Waals surface area contributed by atoms with Crippen LogP contribution in [0.15, 0.2) is 66.7 Å². The molecule has 2 amide bonds. The van der Waals surface area contributed by atoms with Gasteiger partial charge in [0.1, 0.15) is 23.2 Å². The number of benzene rings is 3. The van der Waals surface area contributed by atoms with E-state index in [1.165, 1.54) is 12.1 Å². The SMILES string of the molecule is COc1ccc([C@@H]2[C@@H]3C(=O)N(c4ccc(Cl)c(F)c4)C(=O)[C@H]3ON2c2ccc(OC)cc2)cc1. The highest BCUT2D eigenvalue weighted by Crippen LogP contribution is 2.48. The minimum absolute atomic E-state index is 0.0962. The van der Waals surface area contributed by atoms with E-state index in [1.807, 2.05) is 12.1 Å². The molecule has 3 atom stereocenters. The zero-order valence-electron chi connectivity index (χ0n) is 18.3. The molecule has 0 unspecified atom stereocenters. The van der Waals surface area contributed by atoms with Gasteiger partial charge in [-0.1, -0.05) is 23.7 Å². The summed E-state index contributed by atoms with van der Waals surface area (Å²) in [4.78, 5) is 33.9. The van der Waals surface area contributed by atoms with E-state index in [9.17, 15) is 14.0 Å². The summed E-state index contributed by atoms with van der Waals surface area (Å²) >= 11 is 5.78. The number of hydroxylamine groups is 1. The predicted octanol–water partition coefficient (Wildman–Crippen LogP) is 4.55. The predicted molar refractivity (Wildman–Crippen MR) is 123 cm³/mol. The molecular formula is C25H20ClFN2O5. The number of imide groups is 1. The number of fused-ring (bicyclic) bond motifs is 1. The van der Waals surface area contributed by atoms with Crippen LogP contribution in [-0.2, 0) is 14.4 Å². The minimum Gasteiger partial charge on any atom is -0.497 e. The molecule has 0 aromatic heterocycles. The van der Waals surface area contributed by atoms with Crippen LogP contribution in [0.2, 0.25) is 5.02 Å². The third-order valence-corrected chi connectivity index (χ3v) is 6.37. The summed E-state index contributed by atoms with van der Waals surface area (Å²) < 4.78 is 24.6. The molecule has 3 aromatic carbocycles. The number of hydrogen-bond acceptors (Lipinski definition) is 6. The number of halogens is 2. The highest BCUT2D eigenvalue weighted by Gasteiger charge is 2.60. The van der Waals surface area contributed by atoms with Crippen LogP contribution in [0.25, 0.3) is 0 Å². The lowest BCUT2D eigenvalue weighted by atomic mass is 9.90. The Hall–Kier alpha value is -3.62. The van der Waals surface area contributed by atoms with Crippen molar-refractivity contribution in [1.29, 1.82) is 0 Å². The number of carbonyl (C=O) groups excluding carboxylic acids is 2. The standard InChI is InChI=1S/C25H20ClFN2O5/c1-32-17-8-3-14(4-9-17)22-21-23(34-29(22)15-5-10-18(33-2)11-6-15)25(31)28(24(21)30)16-7-12-19(26)20(27)13-16/h3-13,21-23H,1-2H3/t21-,22+,23-/m0/s1. The Morgan fingerprint density at radius 3 is 2.03 bits per heavy atom. The zero-order valence-corrected chi connectivity index (χ0v) is 19.0. The molecule has 2 saturated heterocycles. The molecule has 34 heavy (non-hydrogen) atoms. The maximum atomic E-state index is 14.1. The second-order valence-corrected chi connectivity index (χ2v) is 8.31. The fraction of sp³-hybridized carbons (Fsp3) is 0.200. The average molecular weight is 483 g/mol. The van der Waals surface area contributed by atoms with E-state index in [1.54, 1.807) is 55.7 Å². The molecule has 2 aliphatic heterocycles. The van der Waals surface area contributed by atoms with Gasteiger partial charge in [-0.3, -0.25) is 14.4 Å². The van der Waals surface area contributed by atoms with Gasteiger partial charge in [0.2, 0.25) is 5.91 Å². The Balaban J connectivity index is 1.56. The van der Waals surface area contributed by atoms with E-state index in [4.69, 9.17) is 25.9 Å². The Labute approximate surface area is 200 Å². The van der Waals surface area contributed by atoms with Crippen molar-refractivity contribution >= 4 is 34.8 Å². The van der Waals surface area contributed by atoms with Gasteiger partial charge in [-0.2, -0.15) is 0 Å². The number of carbonyl (C=O) groups is 2. The minimum atomic E-state index is -1.07. The number of anilines is 2. The van der Waals surface area contributed by atoms with Crippen LogP contribution in [0.4, 0.5) is 15.8 Å². The Kier molecular flexibility index (Phi) is 5.63. The molecule has 0 bridgehead atoms. The van der Waals surface area contributed by atoms with Crippen LogP contribution in [-0.4, -0.2) is 32.1 Å². The lowest BCUT2D eigenvalue weighted by Crippen LogP contribution is -2.37. The normalized spacial score (nSPS) is 21.7. The molecule has 2 aliphatic rings. The van der Waals surface area contributed by atoms with Gasteiger partial charge in [0, 0.05) is 0 Å². The van der Waals surface area contributed by atoms with Gasteiger partial charge >= 0.3 is 0 Å². The molecular weight excluding hydrogens is 463 g/mol. The number of hydrogen-bond donors (Lipinski definition) is 0. The number of ether oxygens (including phenoxy) is 2. The van der Waals surface area contributed by atoms with Gasteiger partial charge < -0.3 is 9.47 Å². The molecule has 0 N–H and O–H groups in total. The Morgan fingerprint density at radius 1 is 0.853 bits per heavy atom. The van der Waals surface area contributed by atoms with Crippen molar-refractivity contribution in [3.05, 3.63) is 83.1 Å². The summed E-state index contributed by atoms with van der Waals surface area (Å²) in [6, 6.07) is 17.5. The Bertz CT molecular complexity index is 1250. The van der Waals surface area contributed by atoms with E-state index >= 15 is 0 Å². The molecule has 7 nitrogen and oxygen atoms in total. The van der Waals surface area contributed by atoms with Crippen molar-refractivity contribution in [3.63, 3.8) is 0 Å². The van der Waals surface area contributed by atoms with Crippen molar-refractivity contribution in [2.75, 3.05) is 24.2 Å². The third-order valence-electron chi connectivity index (χ3n) is 6.06. The highest BCUT2D eigenvalue weighted by molar-refractivity contribution is 6.31. The molecule has 0 spiro atoms. The summed E-state index contributed by atoms with van der Waals surface area (Å²) in [6.45, 7) is 0. The first kappa shape index (κ1) is 22.2. The first-order valence-electron chi connectivity index (χ1n) is 10.5. The van der Waals surface area contributed by atoms with E-state index in [0.29, 0.717) is 17.2 Å². The summed E-state index contributed by atoms with van der Waals surface area (Å²) in [5.41, 5.74) is 1.52. The van der Waals surface area contributed by atoms with Gasteiger partial charge in [0.05, 0.1) is 36.7 Å². The number of amides is 2. The van der Waals surface area contributed by atoms with Gasteiger partial charge in [0.25, 0.3) is 5.91 Å². The number of methoxy groups -OCH3 is 2. The second-order valence-electron chi connectivity index (χ2n) is 7.90. The lowest BCUT2D eigenvalue weighted by Gasteiger charge is -2.29. The molecule has 0 radical (unpaired) electrons. The first-order chi connectivity index (χ1) is 16.4. The molecule has 0 saturated carbocycles. The van der Waals surface area contributed by atoms with Crippen LogP contribution < -0.4 is 19.4 Å². The molecule has 5 rings (SSSR count). The van der Waals surface area contributed by atoms with Gasteiger partial charge in [-0.15, -0.1) is 0 Å². The van der Waals surface area contributed by atoms with Crippen LogP contribution in [0.5, 0.6) is 11.5 Å². The maximum absolute atomic E-state index is 14.1. The second kappa shape index (κ2) is 8.62. The smallest absolute Gasteiger partial charge is 0.266 e. The monoisotopic (exact) mass is 482 g/mol. The van der Waals surface area contributed by atoms with Crippen molar-refractivity contribution in [2.45, 2.75) is 12.1 Å². The van der Waals surface area contributed by atoms with E-state index < -0.39 is 35.7 Å². The molecule has 174 valence electrons. The quantitative estimate of drug-likeness (QED) is 0.497. The van der Waals surface area contributed by atoms with E-state index in [0.717, 1.165) is 16.5 Å². The van der Waals surface area contributed by atoms with Crippen molar-refractivity contribution in [2.24, 2.45) is 5.92 Å². The lowest BCUT2D eigenvalue weighted by molar-refractivity contribution is -0.126. The van der Waals surface area contributed by atoms with Crippen LogP contribution >= 0.6 is 11.6 Å². The third kappa shape index (κ3) is 3.55. The fourth-order valence-electron chi connectivity index (χ4n) is 4.39. The molecule has 3 aromatic rings. The first-order valence-corrected chi connectivity index (χ1v) is 10.9. The molecule has 9 heteroatoms. The van der Waals surface area contributed by atoms with E-state index in [-0.39, 0.29) is 10.7 Å². The molecule has 2 heterocycles. The Morgan fingerprint density at radius 2 is 1.44 bits per heavy atom. The van der Waals surface area contributed by atoms with Crippen molar-refractivity contribution in [3.8, 4) is 11.5 Å². The topological polar surface area (TPSA) is 68.3 Å². The largest absolute Gasteiger partial charge is 0.497 e. The number of nitrogens with zero attached hydrogens (tertiary/aromatic N) is 2. The number of rotatable bonds is 5. The van der Waals surface area contributed by atoms with Gasteiger partial charge in [-0.25, -0.2) is 14.4 Å². The summed E-state index contributed by atoms with van der Waals surface area (Å²) in [7, 11) is 3.13. The van der Waals surface area contributed by atoms with Crippen LogP contribution in [0, 0.1) is 11.7 Å². The fourth-order valence-corrected chi connectivity index (χ4v) is 4.50. The summed E-state index contributed by atoms with van der Waals surface area (Å²) in [5.74, 6) is -1.29. The van der Waals surface area contributed by atoms with Gasteiger partial charge in [0.15, 0.2) is 6.10 Å². The zero-order chi connectivity index (χ0) is 24.0. The highest BCUT2D eigenvalue weighted by atomic mass is 35.5. The van der Waals surface area contributed by atoms with Crippen molar-refractivity contribution in [1.82, 2.24) is 0 Å². The van der Waals surface area contributed by atoms with Gasteiger partial charge in [-0.05, 0) is 60.2 Å². The molecule has 2 fully saturated rings. The summed E-state index contributed by atoms with van der Waals surface area (Å²) in [5, 5.41) is 1.48. The molecule has 0 aliphatic carbocycles. The maximum Gasteiger partial charge on any atom is 0.266 e. The average Bonchev–Trinajstić information content (AvgIpc) is 3.37. The van der Waals surface area contributed by atoms with E-state index in [2.05, 4.69) is 0 Å². The van der Waals surface area contributed by atoms with Crippen LogP contribution in [0.3, 0.4) is 0 Å². The summed E-state index contributed by atoms with van der Waals surface area (Å²) in [6.07, 6.45) is -1.07. The van der Waals surface area contributed by atoms with Crippen LogP contribution in [0.1, 0.15) is 11.6 Å².